The lowest BCUT2D eigenvalue weighted by Crippen LogP contribution is -2.36. The summed E-state index contributed by atoms with van der Waals surface area (Å²) >= 11 is 6.15. The third kappa shape index (κ3) is 4.32. The van der Waals surface area contributed by atoms with E-state index in [0.29, 0.717) is 36.1 Å². The Morgan fingerprint density at radius 3 is 3.19 bits per heavy atom. The molecule has 1 saturated heterocycles. The van der Waals surface area contributed by atoms with Crippen LogP contribution in [0.2, 0.25) is 5.02 Å². The zero-order valence-corrected chi connectivity index (χ0v) is 13.3. The molecule has 116 valence electrons. The van der Waals surface area contributed by atoms with Crippen molar-refractivity contribution in [3.63, 3.8) is 0 Å². The van der Waals surface area contributed by atoms with Crippen molar-refractivity contribution in [2.75, 3.05) is 31.6 Å². The van der Waals surface area contributed by atoms with Gasteiger partial charge in [0.1, 0.15) is 5.82 Å². The predicted octanol–water partition coefficient (Wildman–Crippen LogP) is 2.81. The second-order valence-electron chi connectivity index (χ2n) is 5.26. The molecule has 1 aromatic rings. The molecule has 1 aliphatic rings. The van der Waals surface area contributed by atoms with Gasteiger partial charge in [0.15, 0.2) is 0 Å². The Hall–Kier alpha value is -1.33. The maximum Gasteiger partial charge on any atom is 0.255 e. The summed E-state index contributed by atoms with van der Waals surface area (Å²) < 4.78 is 5.57. The Balaban J connectivity index is 2.16. The molecule has 1 atom stereocenters. The van der Waals surface area contributed by atoms with Crippen molar-refractivity contribution in [3.05, 3.63) is 22.8 Å². The first-order chi connectivity index (χ1) is 10.1. The SMILES string of the molecule is CCCNc1cc(C(=O)N2CCCOC(C)C2)c(Cl)cn1. The number of halogens is 1. The number of nitrogens with one attached hydrogen (secondary N) is 1. The highest BCUT2D eigenvalue weighted by Gasteiger charge is 2.23. The lowest BCUT2D eigenvalue weighted by atomic mass is 10.2. The van der Waals surface area contributed by atoms with Crippen molar-refractivity contribution < 1.29 is 9.53 Å². The summed E-state index contributed by atoms with van der Waals surface area (Å²) in [6.07, 6.45) is 3.42. The molecule has 0 aliphatic carbocycles. The normalized spacial score (nSPS) is 19.2. The van der Waals surface area contributed by atoms with Gasteiger partial charge in [-0.15, -0.1) is 0 Å². The summed E-state index contributed by atoms with van der Waals surface area (Å²) in [5, 5.41) is 3.56. The summed E-state index contributed by atoms with van der Waals surface area (Å²) in [5.41, 5.74) is 0.499. The van der Waals surface area contributed by atoms with E-state index in [4.69, 9.17) is 16.3 Å². The quantitative estimate of drug-likeness (QED) is 0.929. The Labute approximate surface area is 130 Å². The van der Waals surface area contributed by atoms with Crippen molar-refractivity contribution in [1.29, 1.82) is 0 Å². The monoisotopic (exact) mass is 311 g/mol. The molecule has 1 fully saturated rings. The van der Waals surface area contributed by atoms with Crippen LogP contribution in [0.4, 0.5) is 5.82 Å². The lowest BCUT2D eigenvalue weighted by Gasteiger charge is -2.22. The highest BCUT2D eigenvalue weighted by atomic mass is 35.5. The smallest absolute Gasteiger partial charge is 0.255 e. The highest BCUT2D eigenvalue weighted by molar-refractivity contribution is 6.33. The third-order valence-corrected chi connectivity index (χ3v) is 3.68. The summed E-state index contributed by atoms with van der Waals surface area (Å²) in [6.45, 7) is 6.85. The van der Waals surface area contributed by atoms with Gasteiger partial charge in [-0.3, -0.25) is 4.79 Å². The first kappa shape index (κ1) is 16.0. The molecule has 0 bridgehead atoms. The molecule has 0 saturated carbocycles. The number of rotatable bonds is 4. The number of nitrogens with zero attached hydrogens (tertiary/aromatic N) is 2. The number of ether oxygens (including phenoxy) is 1. The Bertz CT molecular complexity index is 496. The molecule has 6 heteroatoms. The third-order valence-electron chi connectivity index (χ3n) is 3.38. The molecular formula is C15H22ClN3O2. The molecule has 1 aromatic heterocycles. The van der Waals surface area contributed by atoms with Crippen LogP contribution < -0.4 is 5.32 Å². The maximum atomic E-state index is 12.7. The van der Waals surface area contributed by atoms with E-state index < -0.39 is 0 Å². The Kier molecular flexibility index (Phi) is 5.82. The van der Waals surface area contributed by atoms with Gasteiger partial charge in [-0.05, 0) is 25.8 Å². The van der Waals surface area contributed by atoms with Crippen molar-refractivity contribution in [2.45, 2.75) is 32.8 Å². The van der Waals surface area contributed by atoms with E-state index in [9.17, 15) is 4.79 Å². The molecule has 1 aliphatic heterocycles. The van der Waals surface area contributed by atoms with Gasteiger partial charge < -0.3 is 15.0 Å². The zero-order valence-electron chi connectivity index (χ0n) is 12.6. The van der Waals surface area contributed by atoms with E-state index in [1.165, 1.54) is 6.20 Å². The summed E-state index contributed by atoms with van der Waals surface area (Å²) in [7, 11) is 0. The van der Waals surface area contributed by atoms with E-state index in [1.54, 1.807) is 6.07 Å². The summed E-state index contributed by atoms with van der Waals surface area (Å²) in [4.78, 5) is 18.7. The number of carbonyl (C=O) groups is 1. The molecule has 2 rings (SSSR count). The first-order valence-electron chi connectivity index (χ1n) is 7.42. The van der Waals surface area contributed by atoms with E-state index in [2.05, 4.69) is 17.2 Å². The van der Waals surface area contributed by atoms with Crippen LogP contribution in [0.5, 0.6) is 0 Å². The van der Waals surface area contributed by atoms with Crippen LogP contribution in [0, 0.1) is 0 Å². The van der Waals surface area contributed by atoms with E-state index in [-0.39, 0.29) is 12.0 Å². The topological polar surface area (TPSA) is 54.5 Å². The Morgan fingerprint density at radius 1 is 1.62 bits per heavy atom. The number of amides is 1. The molecule has 1 unspecified atom stereocenters. The second-order valence-corrected chi connectivity index (χ2v) is 5.67. The average Bonchev–Trinajstić information content (AvgIpc) is 2.70. The first-order valence-corrected chi connectivity index (χ1v) is 7.80. The fourth-order valence-corrected chi connectivity index (χ4v) is 2.49. The van der Waals surface area contributed by atoms with Gasteiger partial charge in [-0.25, -0.2) is 4.98 Å². The van der Waals surface area contributed by atoms with Gasteiger partial charge in [-0.1, -0.05) is 18.5 Å². The van der Waals surface area contributed by atoms with E-state index >= 15 is 0 Å². The van der Waals surface area contributed by atoms with Crippen LogP contribution in [0.1, 0.15) is 37.0 Å². The van der Waals surface area contributed by atoms with Crippen molar-refractivity contribution in [3.8, 4) is 0 Å². The van der Waals surface area contributed by atoms with E-state index in [0.717, 1.165) is 19.4 Å². The van der Waals surface area contributed by atoms with Crippen molar-refractivity contribution >= 4 is 23.3 Å². The van der Waals surface area contributed by atoms with Gasteiger partial charge in [0, 0.05) is 32.4 Å². The molecular weight excluding hydrogens is 290 g/mol. The number of hydrogen-bond donors (Lipinski definition) is 1. The number of hydrogen-bond acceptors (Lipinski definition) is 4. The van der Waals surface area contributed by atoms with Gasteiger partial charge in [0.05, 0.1) is 16.7 Å². The van der Waals surface area contributed by atoms with Crippen LogP contribution in [0.15, 0.2) is 12.3 Å². The standard InChI is InChI=1S/C15H22ClN3O2/c1-3-5-17-14-8-12(13(16)9-18-14)15(20)19-6-4-7-21-11(2)10-19/h8-9,11H,3-7,10H2,1-2H3,(H,17,18). The van der Waals surface area contributed by atoms with Crippen LogP contribution in [-0.2, 0) is 4.74 Å². The predicted molar refractivity (Wildman–Crippen MR) is 84.0 cm³/mol. The highest BCUT2D eigenvalue weighted by Crippen LogP contribution is 2.21. The number of carbonyl (C=O) groups excluding carboxylic acids is 1. The largest absolute Gasteiger partial charge is 0.377 e. The van der Waals surface area contributed by atoms with Gasteiger partial charge >= 0.3 is 0 Å². The van der Waals surface area contributed by atoms with Crippen molar-refractivity contribution in [2.24, 2.45) is 0 Å². The van der Waals surface area contributed by atoms with E-state index in [1.807, 2.05) is 11.8 Å². The van der Waals surface area contributed by atoms with Gasteiger partial charge in [0.25, 0.3) is 5.91 Å². The molecule has 5 nitrogen and oxygen atoms in total. The number of pyridine rings is 1. The molecule has 21 heavy (non-hydrogen) atoms. The van der Waals surface area contributed by atoms with Crippen LogP contribution >= 0.6 is 11.6 Å². The summed E-state index contributed by atoms with van der Waals surface area (Å²) in [5.74, 6) is 0.628. The van der Waals surface area contributed by atoms with Crippen LogP contribution in [0.25, 0.3) is 0 Å². The lowest BCUT2D eigenvalue weighted by molar-refractivity contribution is 0.0563. The molecule has 1 amide bonds. The van der Waals surface area contributed by atoms with Gasteiger partial charge in [-0.2, -0.15) is 0 Å². The molecule has 1 N–H and O–H groups in total. The number of anilines is 1. The summed E-state index contributed by atoms with van der Waals surface area (Å²) in [6, 6.07) is 1.73. The fraction of sp³-hybridized carbons (Fsp3) is 0.600. The fourth-order valence-electron chi connectivity index (χ4n) is 2.30. The Morgan fingerprint density at radius 2 is 2.43 bits per heavy atom. The molecule has 2 heterocycles. The number of aromatic nitrogens is 1. The average molecular weight is 312 g/mol. The minimum absolute atomic E-state index is 0.0507. The molecule has 0 spiro atoms. The maximum absolute atomic E-state index is 12.7. The van der Waals surface area contributed by atoms with Gasteiger partial charge in [0.2, 0.25) is 0 Å². The van der Waals surface area contributed by atoms with Crippen molar-refractivity contribution in [1.82, 2.24) is 9.88 Å². The zero-order chi connectivity index (χ0) is 15.2. The minimum Gasteiger partial charge on any atom is -0.377 e. The molecule has 0 radical (unpaired) electrons. The van der Waals surface area contributed by atoms with Crippen LogP contribution in [-0.4, -0.2) is 48.1 Å². The van der Waals surface area contributed by atoms with Crippen LogP contribution in [0.3, 0.4) is 0 Å². The minimum atomic E-state index is -0.0562. The molecule has 0 aromatic carbocycles. The second kappa shape index (κ2) is 7.61.